The maximum Gasteiger partial charge on any atom is 0.235 e. The number of nitrogens with zero attached hydrogens (tertiary/aromatic N) is 2. The van der Waals surface area contributed by atoms with Crippen LogP contribution in [-0.2, 0) is 4.79 Å². The first-order valence-corrected chi connectivity index (χ1v) is 8.22. The summed E-state index contributed by atoms with van der Waals surface area (Å²) in [6.07, 6.45) is 0. The first kappa shape index (κ1) is 15.4. The Balaban J connectivity index is 1.89. The predicted molar refractivity (Wildman–Crippen MR) is 85.2 cm³/mol. The van der Waals surface area contributed by atoms with Crippen molar-refractivity contribution in [3.63, 3.8) is 0 Å². The van der Waals surface area contributed by atoms with E-state index in [-0.39, 0.29) is 11.2 Å². The summed E-state index contributed by atoms with van der Waals surface area (Å²) in [7, 11) is 0. The Hall–Kier alpha value is -1.00. The third kappa shape index (κ3) is 4.00. The van der Waals surface area contributed by atoms with E-state index in [0.717, 1.165) is 32.7 Å². The molecule has 0 spiro atoms. The summed E-state index contributed by atoms with van der Waals surface area (Å²) in [4.78, 5) is 18.1. The van der Waals surface area contributed by atoms with Crippen LogP contribution in [-0.4, -0.2) is 53.7 Å². The highest BCUT2D eigenvalue weighted by Crippen LogP contribution is 2.25. The average molecular weight is 292 g/mol. The largest absolute Gasteiger partial charge is 0.339 e. The highest BCUT2D eigenvalue weighted by molar-refractivity contribution is 8.00. The molecule has 0 bridgehead atoms. The Morgan fingerprint density at radius 1 is 1.30 bits per heavy atom. The van der Waals surface area contributed by atoms with Crippen molar-refractivity contribution in [2.75, 3.05) is 32.7 Å². The predicted octanol–water partition coefficient (Wildman–Crippen LogP) is 2.64. The maximum atomic E-state index is 12.5. The topological polar surface area (TPSA) is 23.6 Å². The summed E-state index contributed by atoms with van der Waals surface area (Å²) in [6, 6.07) is 8.36. The molecule has 1 fully saturated rings. The molecule has 1 atom stereocenters. The van der Waals surface area contributed by atoms with Gasteiger partial charge in [0.1, 0.15) is 0 Å². The van der Waals surface area contributed by atoms with Crippen molar-refractivity contribution in [1.29, 1.82) is 0 Å². The number of rotatable bonds is 4. The van der Waals surface area contributed by atoms with E-state index in [0.29, 0.717) is 0 Å². The second kappa shape index (κ2) is 7.14. The van der Waals surface area contributed by atoms with Crippen LogP contribution in [0.15, 0.2) is 29.2 Å². The van der Waals surface area contributed by atoms with Crippen molar-refractivity contribution < 1.29 is 4.79 Å². The van der Waals surface area contributed by atoms with Gasteiger partial charge in [-0.3, -0.25) is 4.79 Å². The summed E-state index contributed by atoms with van der Waals surface area (Å²) >= 11 is 1.66. The van der Waals surface area contributed by atoms with E-state index in [2.05, 4.69) is 43.0 Å². The fourth-order valence-electron chi connectivity index (χ4n) is 2.48. The number of hydrogen-bond donors (Lipinski definition) is 0. The number of benzene rings is 1. The highest BCUT2D eigenvalue weighted by atomic mass is 32.2. The summed E-state index contributed by atoms with van der Waals surface area (Å²) in [5.41, 5.74) is 1.24. The summed E-state index contributed by atoms with van der Waals surface area (Å²) in [5.74, 6) is 0.271. The molecule has 110 valence electrons. The van der Waals surface area contributed by atoms with Crippen molar-refractivity contribution in [3.05, 3.63) is 29.8 Å². The fraction of sp³-hybridized carbons (Fsp3) is 0.562. The molecule has 0 radical (unpaired) electrons. The van der Waals surface area contributed by atoms with Crippen molar-refractivity contribution in [2.45, 2.75) is 30.9 Å². The second-order valence-electron chi connectivity index (χ2n) is 5.34. The van der Waals surface area contributed by atoms with Gasteiger partial charge in [-0.1, -0.05) is 24.6 Å². The Morgan fingerprint density at radius 3 is 2.60 bits per heavy atom. The zero-order chi connectivity index (χ0) is 14.5. The Bertz CT molecular complexity index is 456. The van der Waals surface area contributed by atoms with Gasteiger partial charge in [-0.2, -0.15) is 0 Å². The third-order valence-corrected chi connectivity index (χ3v) is 4.86. The van der Waals surface area contributed by atoms with Crippen LogP contribution in [0.4, 0.5) is 0 Å². The molecular weight excluding hydrogens is 268 g/mol. The summed E-state index contributed by atoms with van der Waals surface area (Å²) in [6.45, 7) is 11.1. The Labute approximate surface area is 126 Å². The molecule has 0 aromatic heterocycles. The average Bonchev–Trinajstić information content (AvgIpc) is 2.46. The molecule has 0 saturated carbocycles. The number of likely N-dealkylation sites (N-methyl/N-ethyl adjacent to an activating group) is 1. The zero-order valence-electron chi connectivity index (χ0n) is 12.6. The van der Waals surface area contributed by atoms with Crippen LogP contribution >= 0.6 is 11.8 Å². The molecule has 1 aromatic carbocycles. The molecule has 1 aliphatic heterocycles. The molecule has 1 unspecified atom stereocenters. The quantitative estimate of drug-likeness (QED) is 0.797. The van der Waals surface area contributed by atoms with Crippen LogP contribution in [0.1, 0.15) is 19.4 Å². The van der Waals surface area contributed by atoms with E-state index in [9.17, 15) is 4.79 Å². The molecule has 20 heavy (non-hydrogen) atoms. The van der Waals surface area contributed by atoms with Crippen molar-refractivity contribution >= 4 is 17.7 Å². The Kier molecular flexibility index (Phi) is 5.49. The van der Waals surface area contributed by atoms with Gasteiger partial charge in [0.2, 0.25) is 5.91 Å². The lowest BCUT2D eigenvalue weighted by molar-refractivity contribution is -0.132. The van der Waals surface area contributed by atoms with E-state index >= 15 is 0 Å². The maximum absolute atomic E-state index is 12.5. The lowest BCUT2D eigenvalue weighted by Gasteiger charge is -2.35. The minimum Gasteiger partial charge on any atom is -0.339 e. The molecule has 1 amide bonds. The summed E-state index contributed by atoms with van der Waals surface area (Å²) in [5, 5.41) is -0.00928. The monoisotopic (exact) mass is 292 g/mol. The molecular formula is C16H24N2OS. The van der Waals surface area contributed by atoms with Crippen molar-refractivity contribution in [3.8, 4) is 0 Å². The van der Waals surface area contributed by atoms with E-state index in [1.165, 1.54) is 10.5 Å². The van der Waals surface area contributed by atoms with Gasteiger partial charge < -0.3 is 9.80 Å². The lowest BCUT2D eigenvalue weighted by atomic mass is 10.2. The first-order chi connectivity index (χ1) is 9.60. The SMILES string of the molecule is CCN1CCN(C(=O)C(C)Sc2cccc(C)c2)CC1. The molecule has 1 heterocycles. The number of thioether (sulfide) groups is 1. The first-order valence-electron chi connectivity index (χ1n) is 7.34. The number of aryl methyl sites for hydroxylation is 1. The van der Waals surface area contributed by atoms with Gasteiger partial charge in [0, 0.05) is 31.1 Å². The molecule has 1 aliphatic rings. The van der Waals surface area contributed by atoms with Gasteiger partial charge in [0.25, 0.3) is 0 Å². The Morgan fingerprint density at radius 2 is 2.00 bits per heavy atom. The molecule has 4 heteroatoms. The second-order valence-corrected chi connectivity index (χ2v) is 6.75. The summed E-state index contributed by atoms with van der Waals surface area (Å²) < 4.78 is 0. The number of carbonyl (C=O) groups excluding carboxylic acids is 1. The molecule has 1 saturated heterocycles. The van der Waals surface area contributed by atoms with Crippen LogP contribution in [0, 0.1) is 6.92 Å². The normalized spacial score (nSPS) is 18.1. The van der Waals surface area contributed by atoms with E-state index in [1.807, 2.05) is 11.8 Å². The molecule has 0 N–H and O–H groups in total. The van der Waals surface area contributed by atoms with Gasteiger partial charge in [-0.05, 0) is 32.5 Å². The van der Waals surface area contributed by atoms with E-state index in [4.69, 9.17) is 0 Å². The van der Waals surface area contributed by atoms with Crippen LogP contribution in [0.25, 0.3) is 0 Å². The number of piperazine rings is 1. The highest BCUT2D eigenvalue weighted by Gasteiger charge is 2.24. The number of amides is 1. The van der Waals surface area contributed by atoms with Crippen LogP contribution in [0.5, 0.6) is 0 Å². The smallest absolute Gasteiger partial charge is 0.235 e. The van der Waals surface area contributed by atoms with Crippen LogP contribution < -0.4 is 0 Å². The van der Waals surface area contributed by atoms with Gasteiger partial charge in [-0.15, -0.1) is 11.8 Å². The van der Waals surface area contributed by atoms with Crippen LogP contribution in [0.2, 0.25) is 0 Å². The van der Waals surface area contributed by atoms with Gasteiger partial charge >= 0.3 is 0 Å². The molecule has 1 aromatic rings. The lowest BCUT2D eigenvalue weighted by Crippen LogP contribution is -2.50. The van der Waals surface area contributed by atoms with Gasteiger partial charge in [0.05, 0.1) is 5.25 Å². The zero-order valence-corrected chi connectivity index (χ0v) is 13.4. The van der Waals surface area contributed by atoms with Gasteiger partial charge in [-0.25, -0.2) is 0 Å². The van der Waals surface area contributed by atoms with Crippen LogP contribution in [0.3, 0.4) is 0 Å². The van der Waals surface area contributed by atoms with Crippen molar-refractivity contribution in [1.82, 2.24) is 9.80 Å². The van der Waals surface area contributed by atoms with Gasteiger partial charge in [0.15, 0.2) is 0 Å². The fourth-order valence-corrected chi connectivity index (χ4v) is 3.55. The van der Waals surface area contributed by atoms with E-state index < -0.39 is 0 Å². The minimum absolute atomic E-state index is 0.00928. The standard InChI is InChI=1S/C16H24N2OS/c1-4-17-8-10-18(11-9-17)16(19)14(3)20-15-7-5-6-13(2)12-15/h5-7,12,14H,4,8-11H2,1-3H3. The van der Waals surface area contributed by atoms with Crippen molar-refractivity contribution in [2.24, 2.45) is 0 Å². The minimum atomic E-state index is -0.00928. The molecule has 2 rings (SSSR count). The van der Waals surface area contributed by atoms with E-state index in [1.54, 1.807) is 11.8 Å². The number of carbonyl (C=O) groups is 1. The third-order valence-electron chi connectivity index (χ3n) is 3.78. The molecule has 3 nitrogen and oxygen atoms in total. The molecule has 0 aliphatic carbocycles. The number of hydrogen-bond acceptors (Lipinski definition) is 3.